The fraction of sp³-hybridized carbons (Fsp3) is 0.222. The van der Waals surface area contributed by atoms with Gasteiger partial charge in [0.05, 0.1) is 11.1 Å². The topological polar surface area (TPSA) is 0 Å². The maximum absolute atomic E-state index is 13.6. The lowest BCUT2D eigenvalue weighted by molar-refractivity contribution is -0.143. The van der Waals surface area contributed by atoms with E-state index in [1.54, 1.807) is 36.4 Å². The molecule has 4 rings (SSSR count). The first-order valence-electron chi connectivity index (χ1n) is 10.3. The number of fused-ring (bicyclic) bond motifs is 1. The molecule has 1 aliphatic carbocycles. The molecule has 0 saturated carbocycles. The van der Waals surface area contributed by atoms with E-state index in [4.69, 9.17) is 0 Å². The smallest absolute Gasteiger partial charge is 0.166 e. The van der Waals surface area contributed by atoms with Crippen LogP contribution in [-0.2, 0) is 12.4 Å². The van der Waals surface area contributed by atoms with Crippen molar-refractivity contribution in [2.75, 3.05) is 0 Å². The van der Waals surface area contributed by atoms with Gasteiger partial charge in [0.15, 0.2) is 0 Å². The molecule has 0 unspecified atom stereocenters. The number of benzene rings is 3. The zero-order chi connectivity index (χ0) is 24.2. The highest BCUT2D eigenvalue weighted by atomic mass is 19.4. The van der Waals surface area contributed by atoms with Gasteiger partial charge in [0.25, 0.3) is 0 Å². The van der Waals surface area contributed by atoms with Crippen LogP contribution in [0.2, 0.25) is 0 Å². The molecule has 0 aliphatic heterocycles. The van der Waals surface area contributed by atoms with E-state index in [1.165, 1.54) is 0 Å². The van der Waals surface area contributed by atoms with Gasteiger partial charge >= 0.3 is 12.4 Å². The van der Waals surface area contributed by atoms with Crippen LogP contribution in [-0.4, -0.2) is 0 Å². The first kappa shape index (κ1) is 23.1. The molecule has 1 radical (unpaired) electrons. The Morgan fingerprint density at radius 2 is 1.21 bits per heavy atom. The van der Waals surface area contributed by atoms with E-state index in [1.807, 2.05) is 39.3 Å². The van der Waals surface area contributed by atoms with Gasteiger partial charge in [0.2, 0.25) is 0 Å². The molecule has 0 aromatic heterocycles. The number of alkyl halides is 6. The largest absolute Gasteiger partial charge is 0.416 e. The van der Waals surface area contributed by atoms with Gasteiger partial charge < -0.3 is 0 Å². The Morgan fingerprint density at radius 3 is 1.73 bits per heavy atom. The van der Waals surface area contributed by atoms with Gasteiger partial charge in [-0.3, -0.25) is 0 Å². The van der Waals surface area contributed by atoms with Crippen molar-refractivity contribution in [2.45, 2.75) is 33.1 Å². The van der Waals surface area contributed by atoms with Gasteiger partial charge in [-0.05, 0) is 57.0 Å². The van der Waals surface area contributed by atoms with Crippen LogP contribution in [0.5, 0.6) is 0 Å². The van der Waals surface area contributed by atoms with Crippen molar-refractivity contribution >= 4 is 6.08 Å². The second-order valence-corrected chi connectivity index (χ2v) is 9.15. The summed E-state index contributed by atoms with van der Waals surface area (Å²) in [5.74, 6) is 0. The minimum atomic E-state index is -4.92. The lowest BCUT2D eigenvalue weighted by Crippen LogP contribution is -2.11. The molecular weight excluding hydrogens is 438 g/mol. The van der Waals surface area contributed by atoms with E-state index in [2.05, 4.69) is 0 Å². The van der Waals surface area contributed by atoms with Gasteiger partial charge in [0, 0.05) is 6.42 Å². The van der Waals surface area contributed by atoms with Crippen LogP contribution in [0.25, 0.3) is 28.3 Å². The summed E-state index contributed by atoms with van der Waals surface area (Å²) in [6.07, 6.45) is -6.03. The highest BCUT2D eigenvalue weighted by molar-refractivity contribution is 5.94. The minimum Gasteiger partial charge on any atom is -0.166 e. The Balaban J connectivity index is 2.07. The third-order valence-electron chi connectivity index (χ3n) is 5.72. The highest BCUT2D eigenvalue weighted by Crippen LogP contribution is 2.47. The molecule has 0 heterocycles. The standard InChI is InChI=1S/C27H21F6/c1-25(2,3)19-11-17-9-10-22(16-7-5-4-6-8-16)24(23(17)15-19)18-12-20(26(28,29)30)14-21(13-18)27(31,32)33/h4-15H,1-3H3. The fourth-order valence-corrected chi connectivity index (χ4v) is 3.98. The molecule has 3 aromatic rings. The summed E-state index contributed by atoms with van der Waals surface area (Å²) in [6, 6.07) is 14.3. The van der Waals surface area contributed by atoms with E-state index in [0.29, 0.717) is 22.3 Å². The second kappa shape index (κ2) is 7.79. The van der Waals surface area contributed by atoms with Crippen LogP contribution in [0, 0.1) is 11.8 Å². The minimum absolute atomic E-state index is 0.118. The van der Waals surface area contributed by atoms with Crippen molar-refractivity contribution < 1.29 is 26.3 Å². The summed E-state index contributed by atoms with van der Waals surface area (Å²) in [7, 11) is 0. The van der Waals surface area contributed by atoms with Crippen LogP contribution >= 0.6 is 0 Å². The van der Waals surface area contributed by atoms with E-state index in [0.717, 1.165) is 23.3 Å². The van der Waals surface area contributed by atoms with Crippen molar-refractivity contribution in [3.05, 3.63) is 94.9 Å². The van der Waals surface area contributed by atoms with E-state index in [9.17, 15) is 26.3 Å². The molecule has 0 amide bonds. The number of halogens is 6. The van der Waals surface area contributed by atoms with Crippen LogP contribution < -0.4 is 0 Å². The zero-order valence-electron chi connectivity index (χ0n) is 18.2. The zero-order valence-corrected chi connectivity index (χ0v) is 18.2. The molecule has 6 heteroatoms. The predicted molar refractivity (Wildman–Crippen MR) is 118 cm³/mol. The molecule has 1 aliphatic rings. The summed E-state index contributed by atoms with van der Waals surface area (Å²) in [5.41, 5.74) is 0.950. The quantitative estimate of drug-likeness (QED) is 0.335. The van der Waals surface area contributed by atoms with Gasteiger partial charge in [-0.25, -0.2) is 0 Å². The van der Waals surface area contributed by atoms with Crippen molar-refractivity contribution in [1.82, 2.24) is 0 Å². The molecule has 33 heavy (non-hydrogen) atoms. The van der Waals surface area contributed by atoms with Gasteiger partial charge in [-0.2, -0.15) is 26.3 Å². The Labute approximate surface area is 188 Å². The van der Waals surface area contributed by atoms with Crippen molar-refractivity contribution in [1.29, 1.82) is 0 Å². The fourth-order valence-electron chi connectivity index (χ4n) is 3.98. The Bertz CT molecular complexity index is 1190. The number of rotatable bonds is 2. The Morgan fingerprint density at radius 1 is 0.636 bits per heavy atom. The summed E-state index contributed by atoms with van der Waals surface area (Å²) in [4.78, 5) is 0. The summed E-state index contributed by atoms with van der Waals surface area (Å²) < 4.78 is 81.5. The third-order valence-corrected chi connectivity index (χ3v) is 5.72. The van der Waals surface area contributed by atoms with Gasteiger partial charge in [0.1, 0.15) is 0 Å². The molecule has 0 atom stereocenters. The van der Waals surface area contributed by atoms with Crippen LogP contribution in [0.1, 0.15) is 43.0 Å². The first-order valence-corrected chi connectivity index (χ1v) is 10.3. The summed E-state index contributed by atoms with van der Waals surface area (Å²) in [6.45, 7) is 6.01. The van der Waals surface area contributed by atoms with Crippen molar-refractivity contribution in [3.63, 3.8) is 0 Å². The maximum Gasteiger partial charge on any atom is 0.416 e. The van der Waals surface area contributed by atoms with Crippen LogP contribution in [0.3, 0.4) is 0 Å². The molecule has 171 valence electrons. The predicted octanol–water partition coefficient (Wildman–Crippen LogP) is 9.05. The highest BCUT2D eigenvalue weighted by Gasteiger charge is 2.37. The van der Waals surface area contributed by atoms with Gasteiger partial charge in [-0.15, -0.1) is 0 Å². The molecular formula is C27H21F6. The van der Waals surface area contributed by atoms with Crippen LogP contribution in [0.4, 0.5) is 26.3 Å². The number of allylic oxidation sites excluding steroid dienone is 1. The third kappa shape index (κ3) is 4.56. The molecule has 0 bridgehead atoms. The van der Waals surface area contributed by atoms with Crippen molar-refractivity contribution in [3.8, 4) is 22.3 Å². The number of hydrogen-bond acceptors (Lipinski definition) is 0. The molecule has 0 N–H and O–H groups in total. The number of hydrogen-bond donors (Lipinski definition) is 0. The lowest BCUT2D eigenvalue weighted by Gasteiger charge is -2.19. The second-order valence-electron chi connectivity index (χ2n) is 9.15. The summed E-state index contributed by atoms with van der Waals surface area (Å²) in [5, 5.41) is 0. The molecule has 3 aromatic carbocycles. The van der Waals surface area contributed by atoms with E-state index in [-0.39, 0.29) is 17.0 Å². The van der Waals surface area contributed by atoms with Gasteiger partial charge in [-0.1, -0.05) is 74.9 Å². The molecule has 0 fully saturated rings. The van der Waals surface area contributed by atoms with Crippen molar-refractivity contribution in [2.24, 2.45) is 5.41 Å². The molecule has 0 spiro atoms. The average Bonchev–Trinajstić information content (AvgIpc) is 3.17. The Hall–Kier alpha value is -3.02. The Kier molecular flexibility index (Phi) is 5.46. The maximum atomic E-state index is 13.6. The lowest BCUT2D eigenvalue weighted by atomic mass is 9.85. The molecule has 0 nitrogen and oxygen atoms in total. The summed E-state index contributed by atoms with van der Waals surface area (Å²) >= 11 is 0. The molecule has 0 saturated heterocycles. The SMILES string of the molecule is CC(C)(C)C1=Cc2c(ccc(-c3ccccc3)c2-c2cc(C(F)(F)F)cc(C(F)(F)F)c2)[CH]1. The first-order chi connectivity index (χ1) is 15.2. The normalized spacial score (nSPS) is 14.3. The average molecular weight is 459 g/mol. The van der Waals surface area contributed by atoms with E-state index < -0.39 is 23.5 Å². The van der Waals surface area contributed by atoms with Crippen LogP contribution in [0.15, 0.2) is 66.2 Å². The van der Waals surface area contributed by atoms with E-state index >= 15 is 0 Å². The monoisotopic (exact) mass is 459 g/mol.